The van der Waals surface area contributed by atoms with Crippen LogP contribution in [0.4, 0.5) is 11.6 Å². The fourth-order valence-electron chi connectivity index (χ4n) is 4.15. The number of benzene rings is 1. The number of rotatable bonds is 6. The van der Waals surface area contributed by atoms with Crippen LogP contribution in [-0.4, -0.2) is 54.0 Å². The van der Waals surface area contributed by atoms with Crippen LogP contribution in [0.15, 0.2) is 30.3 Å². The summed E-state index contributed by atoms with van der Waals surface area (Å²) < 4.78 is 0. The van der Waals surface area contributed by atoms with Crippen LogP contribution in [0.25, 0.3) is 10.9 Å². The van der Waals surface area contributed by atoms with E-state index >= 15 is 0 Å². The Labute approximate surface area is 188 Å². The monoisotopic (exact) mass is 437 g/mol. The van der Waals surface area contributed by atoms with Crippen LogP contribution >= 0.6 is 11.3 Å². The zero-order chi connectivity index (χ0) is 22.0. The van der Waals surface area contributed by atoms with Gasteiger partial charge in [0.25, 0.3) is 0 Å². The van der Waals surface area contributed by atoms with Crippen LogP contribution in [0, 0.1) is 13.8 Å². The van der Waals surface area contributed by atoms with Crippen LogP contribution in [0.5, 0.6) is 0 Å². The van der Waals surface area contributed by atoms with Gasteiger partial charge in [-0.25, -0.2) is 9.97 Å². The summed E-state index contributed by atoms with van der Waals surface area (Å²) in [5.41, 5.74) is 2.66. The fourth-order valence-corrected chi connectivity index (χ4v) is 5.04. The van der Waals surface area contributed by atoms with E-state index in [1.807, 2.05) is 25.1 Å². The highest BCUT2D eigenvalue weighted by Gasteiger charge is 2.22. The third-order valence-electron chi connectivity index (χ3n) is 6.03. The average molecular weight is 438 g/mol. The first kappa shape index (κ1) is 21.7. The molecule has 0 unspecified atom stereocenters. The Hall–Kier alpha value is -2.51. The lowest BCUT2D eigenvalue weighted by molar-refractivity contribution is -0.116. The molecule has 1 aliphatic heterocycles. The Morgan fingerprint density at radius 1 is 1.16 bits per heavy atom. The molecule has 0 spiro atoms. The average Bonchev–Trinajstić information content (AvgIpc) is 3.18. The number of fused-ring (bicyclic) bond motifs is 1. The highest BCUT2D eigenvalue weighted by atomic mass is 32.1. The number of amides is 1. The van der Waals surface area contributed by atoms with Gasteiger partial charge in [0.2, 0.25) is 11.9 Å². The van der Waals surface area contributed by atoms with Crippen molar-refractivity contribution in [1.29, 1.82) is 0 Å². The summed E-state index contributed by atoms with van der Waals surface area (Å²) in [6, 6.07) is 10.7. The second-order valence-electron chi connectivity index (χ2n) is 8.58. The van der Waals surface area contributed by atoms with Gasteiger partial charge in [-0.3, -0.25) is 4.79 Å². The van der Waals surface area contributed by atoms with E-state index in [0.717, 1.165) is 60.6 Å². The lowest BCUT2D eigenvalue weighted by atomic mass is 10.0. The first-order chi connectivity index (χ1) is 14.9. The molecule has 0 saturated carbocycles. The largest absolute Gasteiger partial charge is 0.341 e. The SMILES string of the molecule is Cc1ccc(CCC(=O)Nc2ccc3nc(N4CCC(N(C)C)CC4)nc(C)c3c2)s1. The highest BCUT2D eigenvalue weighted by molar-refractivity contribution is 7.11. The maximum Gasteiger partial charge on any atom is 0.226 e. The Balaban J connectivity index is 1.42. The minimum absolute atomic E-state index is 0.0318. The molecule has 1 fully saturated rings. The smallest absolute Gasteiger partial charge is 0.226 e. The lowest BCUT2D eigenvalue weighted by Gasteiger charge is -2.35. The molecule has 3 heterocycles. The van der Waals surface area contributed by atoms with E-state index in [1.165, 1.54) is 9.75 Å². The minimum atomic E-state index is 0.0318. The van der Waals surface area contributed by atoms with E-state index in [2.05, 4.69) is 48.3 Å². The van der Waals surface area contributed by atoms with Gasteiger partial charge in [-0.15, -0.1) is 11.3 Å². The maximum absolute atomic E-state index is 12.4. The van der Waals surface area contributed by atoms with Crippen molar-refractivity contribution in [3.63, 3.8) is 0 Å². The minimum Gasteiger partial charge on any atom is -0.341 e. The first-order valence-electron chi connectivity index (χ1n) is 10.9. The van der Waals surface area contributed by atoms with E-state index in [0.29, 0.717) is 12.5 Å². The van der Waals surface area contributed by atoms with Gasteiger partial charge in [-0.1, -0.05) is 0 Å². The van der Waals surface area contributed by atoms with Crippen molar-refractivity contribution in [2.75, 3.05) is 37.4 Å². The van der Waals surface area contributed by atoms with Crippen LogP contribution in [0.1, 0.15) is 34.7 Å². The van der Waals surface area contributed by atoms with Crippen molar-refractivity contribution in [1.82, 2.24) is 14.9 Å². The van der Waals surface area contributed by atoms with E-state index in [9.17, 15) is 4.79 Å². The first-order valence-corrected chi connectivity index (χ1v) is 11.8. The normalized spacial score (nSPS) is 15.1. The summed E-state index contributed by atoms with van der Waals surface area (Å²) in [5.74, 6) is 0.842. The Morgan fingerprint density at radius 3 is 2.61 bits per heavy atom. The predicted molar refractivity (Wildman–Crippen MR) is 129 cm³/mol. The molecular weight excluding hydrogens is 406 g/mol. The van der Waals surface area contributed by atoms with Crippen molar-refractivity contribution < 1.29 is 4.79 Å². The second-order valence-corrected chi connectivity index (χ2v) is 9.96. The molecule has 164 valence electrons. The van der Waals surface area contributed by atoms with Gasteiger partial charge in [0.15, 0.2) is 0 Å². The van der Waals surface area contributed by atoms with Crippen molar-refractivity contribution >= 4 is 39.8 Å². The molecule has 1 saturated heterocycles. The number of nitrogens with zero attached hydrogens (tertiary/aromatic N) is 4. The maximum atomic E-state index is 12.4. The summed E-state index contributed by atoms with van der Waals surface area (Å²) in [4.78, 5) is 29.1. The molecule has 1 aliphatic rings. The number of carbonyl (C=O) groups is 1. The number of aryl methyl sites for hydroxylation is 3. The number of carbonyl (C=O) groups excluding carboxylic acids is 1. The molecule has 6 nitrogen and oxygen atoms in total. The van der Waals surface area contributed by atoms with Gasteiger partial charge in [0.05, 0.1) is 11.2 Å². The fraction of sp³-hybridized carbons (Fsp3) is 0.458. The lowest BCUT2D eigenvalue weighted by Crippen LogP contribution is -2.42. The van der Waals surface area contributed by atoms with Gasteiger partial charge in [0.1, 0.15) is 0 Å². The second kappa shape index (κ2) is 9.32. The van der Waals surface area contributed by atoms with E-state index in [-0.39, 0.29) is 5.91 Å². The van der Waals surface area contributed by atoms with Crippen molar-refractivity contribution in [2.45, 2.75) is 45.6 Å². The number of piperidine rings is 1. The van der Waals surface area contributed by atoms with Crippen molar-refractivity contribution in [3.05, 3.63) is 45.8 Å². The highest BCUT2D eigenvalue weighted by Crippen LogP contribution is 2.25. The van der Waals surface area contributed by atoms with Gasteiger partial charge < -0.3 is 15.1 Å². The zero-order valence-corrected chi connectivity index (χ0v) is 19.6. The van der Waals surface area contributed by atoms with Crippen LogP contribution < -0.4 is 10.2 Å². The van der Waals surface area contributed by atoms with Gasteiger partial charge in [-0.05, 0) is 77.5 Å². The third kappa shape index (κ3) is 5.22. The molecular formula is C24H31N5OS. The quantitative estimate of drug-likeness (QED) is 0.619. The van der Waals surface area contributed by atoms with Crippen molar-refractivity contribution in [2.24, 2.45) is 0 Å². The molecule has 3 aromatic rings. The van der Waals surface area contributed by atoms with Gasteiger partial charge in [-0.2, -0.15) is 0 Å². The summed E-state index contributed by atoms with van der Waals surface area (Å²) in [6.45, 7) is 6.06. The standard InChI is InChI=1S/C24H31N5OS/c1-16-5-7-20(31-16)8-10-23(30)26-18-6-9-22-21(15-18)17(2)25-24(27-22)29-13-11-19(12-14-29)28(3)4/h5-7,9,15,19H,8,10-14H2,1-4H3,(H,26,30). The molecule has 0 atom stereocenters. The molecule has 0 bridgehead atoms. The topological polar surface area (TPSA) is 61.4 Å². The molecule has 31 heavy (non-hydrogen) atoms. The molecule has 0 radical (unpaired) electrons. The number of thiophene rings is 1. The molecule has 2 aromatic heterocycles. The molecule has 1 amide bonds. The van der Waals surface area contributed by atoms with E-state index in [1.54, 1.807) is 11.3 Å². The molecule has 0 aliphatic carbocycles. The zero-order valence-electron chi connectivity index (χ0n) is 18.8. The number of nitrogens with one attached hydrogen (secondary N) is 1. The predicted octanol–water partition coefficient (Wildman–Crippen LogP) is 4.41. The Bertz CT molecular complexity index is 1070. The van der Waals surface area contributed by atoms with Crippen LogP contribution in [-0.2, 0) is 11.2 Å². The summed E-state index contributed by atoms with van der Waals surface area (Å²) in [7, 11) is 4.30. The Morgan fingerprint density at radius 2 is 1.94 bits per heavy atom. The number of aromatic nitrogens is 2. The van der Waals surface area contributed by atoms with E-state index in [4.69, 9.17) is 9.97 Å². The molecule has 1 N–H and O–H groups in total. The summed E-state index contributed by atoms with van der Waals surface area (Å²) in [6.07, 6.45) is 3.51. The van der Waals surface area contributed by atoms with Crippen LogP contribution in [0.3, 0.4) is 0 Å². The summed E-state index contributed by atoms with van der Waals surface area (Å²) >= 11 is 1.75. The third-order valence-corrected chi connectivity index (χ3v) is 7.09. The number of hydrogen-bond acceptors (Lipinski definition) is 6. The Kier molecular flexibility index (Phi) is 6.53. The molecule has 4 rings (SSSR count). The van der Waals surface area contributed by atoms with Gasteiger partial charge >= 0.3 is 0 Å². The van der Waals surface area contributed by atoms with E-state index < -0.39 is 0 Å². The van der Waals surface area contributed by atoms with Crippen molar-refractivity contribution in [3.8, 4) is 0 Å². The summed E-state index contributed by atoms with van der Waals surface area (Å²) in [5, 5.41) is 4.01. The number of anilines is 2. The van der Waals surface area contributed by atoms with Gasteiger partial charge in [0, 0.05) is 46.4 Å². The molecule has 7 heteroatoms. The molecule has 1 aromatic carbocycles. The van der Waals surface area contributed by atoms with Crippen LogP contribution in [0.2, 0.25) is 0 Å². The number of hydrogen-bond donors (Lipinski definition) is 1.